The maximum Gasteiger partial charge on any atom is 0.303 e. The number of allylic oxidation sites excluding steroid dienone is 1. The van der Waals surface area contributed by atoms with Gasteiger partial charge in [0, 0.05) is 6.42 Å². The van der Waals surface area contributed by atoms with E-state index in [9.17, 15) is 9.90 Å². The Bertz CT molecular complexity index is 625. The van der Waals surface area contributed by atoms with Gasteiger partial charge in [-0.1, -0.05) is 32.4 Å². The van der Waals surface area contributed by atoms with Gasteiger partial charge in [-0.25, -0.2) is 0 Å². The summed E-state index contributed by atoms with van der Waals surface area (Å²) in [5.74, 6) is 2.94. The third-order valence-electron chi connectivity index (χ3n) is 9.65. The molecule has 27 heavy (non-hydrogen) atoms. The molecule has 0 radical (unpaired) electrons. The number of carboxylic acid groups (broad SMARTS) is 1. The first-order valence-electron chi connectivity index (χ1n) is 11.3. The smallest absolute Gasteiger partial charge is 0.303 e. The molecule has 0 heterocycles. The summed E-state index contributed by atoms with van der Waals surface area (Å²) in [7, 11) is 0. The van der Waals surface area contributed by atoms with E-state index in [0.29, 0.717) is 29.1 Å². The summed E-state index contributed by atoms with van der Waals surface area (Å²) < 4.78 is 0. The molecule has 3 nitrogen and oxygen atoms in total. The molecule has 152 valence electrons. The topological polar surface area (TPSA) is 57.5 Å². The highest BCUT2D eigenvalue weighted by Gasteiger charge is 2.59. The van der Waals surface area contributed by atoms with E-state index in [4.69, 9.17) is 5.11 Å². The van der Waals surface area contributed by atoms with Crippen molar-refractivity contribution in [2.45, 2.75) is 91.1 Å². The van der Waals surface area contributed by atoms with E-state index < -0.39 is 5.97 Å². The second-order valence-electron chi connectivity index (χ2n) is 10.8. The molecule has 0 aromatic rings. The Kier molecular flexibility index (Phi) is 4.98. The fraction of sp³-hybridized carbons (Fsp3) is 0.875. The summed E-state index contributed by atoms with van der Waals surface area (Å²) in [5, 5.41) is 19.2. The number of aliphatic carboxylic acids is 1. The molecule has 8 atom stereocenters. The second-order valence-corrected chi connectivity index (χ2v) is 10.8. The molecule has 0 unspecified atom stereocenters. The summed E-state index contributed by atoms with van der Waals surface area (Å²) in [5.41, 5.74) is 2.27. The van der Waals surface area contributed by atoms with Crippen LogP contribution in [-0.4, -0.2) is 22.3 Å². The predicted octanol–water partition coefficient (Wildman–Crippen LogP) is 5.43. The van der Waals surface area contributed by atoms with Gasteiger partial charge < -0.3 is 10.2 Å². The molecule has 3 heteroatoms. The lowest BCUT2D eigenvalue weighted by Crippen LogP contribution is -2.50. The van der Waals surface area contributed by atoms with E-state index >= 15 is 0 Å². The minimum absolute atomic E-state index is 0.124. The molecule has 4 aliphatic carbocycles. The molecule has 0 aromatic heterocycles. The summed E-state index contributed by atoms with van der Waals surface area (Å²) in [6, 6.07) is 0. The Morgan fingerprint density at radius 1 is 1.19 bits per heavy atom. The van der Waals surface area contributed by atoms with E-state index in [1.807, 2.05) is 0 Å². The largest absolute Gasteiger partial charge is 0.481 e. The van der Waals surface area contributed by atoms with E-state index in [0.717, 1.165) is 43.4 Å². The molecule has 4 aliphatic rings. The number of aliphatic hydroxyl groups is 1. The fourth-order valence-electron chi connectivity index (χ4n) is 8.17. The molecule has 2 N–H and O–H groups in total. The molecule has 3 fully saturated rings. The molecular weight excluding hydrogens is 336 g/mol. The normalized spacial score (nSPS) is 47.4. The van der Waals surface area contributed by atoms with Crippen LogP contribution < -0.4 is 0 Å². The van der Waals surface area contributed by atoms with Crippen LogP contribution in [0.5, 0.6) is 0 Å². The van der Waals surface area contributed by atoms with Crippen molar-refractivity contribution in [2.24, 2.45) is 40.4 Å². The molecule has 3 saturated carbocycles. The van der Waals surface area contributed by atoms with Gasteiger partial charge in [0.05, 0.1) is 6.10 Å². The van der Waals surface area contributed by atoms with Gasteiger partial charge >= 0.3 is 5.97 Å². The summed E-state index contributed by atoms with van der Waals surface area (Å²) in [6.45, 7) is 7.33. The van der Waals surface area contributed by atoms with Gasteiger partial charge in [-0.3, -0.25) is 4.79 Å². The van der Waals surface area contributed by atoms with Crippen LogP contribution in [0.1, 0.15) is 85.0 Å². The van der Waals surface area contributed by atoms with Crippen LogP contribution in [0.3, 0.4) is 0 Å². The number of rotatable bonds is 4. The molecule has 0 bridgehead atoms. The summed E-state index contributed by atoms with van der Waals surface area (Å²) in [6.07, 6.45) is 13.0. The van der Waals surface area contributed by atoms with Gasteiger partial charge in [0.15, 0.2) is 0 Å². The van der Waals surface area contributed by atoms with Crippen LogP contribution >= 0.6 is 0 Å². The summed E-state index contributed by atoms with van der Waals surface area (Å²) in [4.78, 5) is 11.0. The van der Waals surface area contributed by atoms with Gasteiger partial charge in [0.2, 0.25) is 0 Å². The number of carboxylic acids is 1. The monoisotopic (exact) mass is 374 g/mol. The first-order chi connectivity index (χ1) is 12.8. The van der Waals surface area contributed by atoms with Crippen molar-refractivity contribution >= 4 is 5.97 Å². The average molecular weight is 375 g/mol. The highest BCUT2D eigenvalue weighted by Crippen LogP contribution is 2.67. The third kappa shape index (κ3) is 3.09. The number of aliphatic hydroxyl groups excluding tert-OH is 1. The van der Waals surface area contributed by atoms with E-state index in [1.54, 1.807) is 5.57 Å². The fourth-order valence-corrected chi connectivity index (χ4v) is 8.17. The standard InChI is InChI=1S/C24H38O3/c1-15(4-9-22(26)27)19-7-8-20-18-6-5-16-14-17(25)10-12-23(16,2)21(18)11-13-24(19,20)3/h5,15,17-21,25H,4,6-14H2,1-3H3,(H,26,27)/t15-,17+,18+,19+,20-,21+,23+,24-/m1/s1. The van der Waals surface area contributed by atoms with Crippen molar-refractivity contribution in [1.29, 1.82) is 0 Å². The van der Waals surface area contributed by atoms with Crippen molar-refractivity contribution in [2.75, 3.05) is 0 Å². The van der Waals surface area contributed by atoms with Crippen molar-refractivity contribution in [3.63, 3.8) is 0 Å². The molecule has 0 aliphatic heterocycles. The molecule has 4 rings (SSSR count). The average Bonchev–Trinajstić information content (AvgIpc) is 2.97. The lowest BCUT2D eigenvalue weighted by molar-refractivity contribution is -0.137. The van der Waals surface area contributed by atoms with E-state index in [2.05, 4.69) is 26.8 Å². The van der Waals surface area contributed by atoms with Crippen LogP contribution in [0.4, 0.5) is 0 Å². The maximum atomic E-state index is 11.0. The van der Waals surface area contributed by atoms with E-state index in [1.165, 1.54) is 32.1 Å². The zero-order valence-corrected chi connectivity index (χ0v) is 17.4. The van der Waals surface area contributed by atoms with E-state index in [-0.39, 0.29) is 6.10 Å². The Balaban J connectivity index is 1.54. The number of hydrogen-bond acceptors (Lipinski definition) is 2. The molecular formula is C24H38O3. The zero-order valence-electron chi connectivity index (χ0n) is 17.4. The third-order valence-corrected chi connectivity index (χ3v) is 9.65. The van der Waals surface area contributed by atoms with Gasteiger partial charge in [-0.15, -0.1) is 0 Å². The van der Waals surface area contributed by atoms with Crippen LogP contribution in [0, 0.1) is 40.4 Å². The molecule has 0 aromatic carbocycles. The van der Waals surface area contributed by atoms with Crippen LogP contribution in [-0.2, 0) is 4.79 Å². The number of carbonyl (C=O) groups is 1. The zero-order chi connectivity index (χ0) is 19.4. The van der Waals surface area contributed by atoms with Crippen molar-refractivity contribution < 1.29 is 15.0 Å². The van der Waals surface area contributed by atoms with Gasteiger partial charge in [-0.2, -0.15) is 0 Å². The van der Waals surface area contributed by atoms with Gasteiger partial charge in [0.25, 0.3) is 0 Å². The lowest BCUT2D eigenvalue weighted by Gasteiger charge is -2.58. The van der Waals surface area contributed by atoms with Crippen LogP contribution in [0.2, 0.25) is 0 Å². The predicted molar refractivity (Wildman–Crippen MR) is 107 cm³/mol. The highest BCUT2D eigenvalue weighted by molar-refractivity contribution is 5.66. The van der Waals surface area contributed by atoms with Crippen molar-refractivity contribution in [3.8, 4) is 0 Å². The maximum absolute atomic E-state index is 11.0. The SMILES string of the molecule is C[C@H](CCC(=O)O)[C@@H]1CC[C@@H]2[C@@H]3CC=C4C[C@@H](O)CC[C@]4(C)[C@H]3CC[C@@]21C. The minimum Gasteiger partial charge on any atom is -0.481 e. The summed E-state index contributed by atoms with van der Waals surface area (Å²) >= 11 is 0. The Labute approximate surface area is 164 Å². The lowest BCUT2D eigenvalue weighted by atomic mass is 9.47. The number of fused-ring (bicyclic) bond motifs is 5. The Hall–Kier alpha value is -0.830. The quantitative estimate of drug-likeness (QED) is 0.645. The Morgan fingerprint density at radius 2 is 1.96 bits per heavy atom. The van der Waals surface area contributed by atoms with Crippen molar-refractivity contribution in [3.05, 3.63) is 11.6 Å². The molecule has 0 saturated heterocycles. The van der Waals surface area contributed by atoms with Gasteiger partial charge in [-0.05, 0) is 98.2 Å². The first kappa shape index (κ1) is 19.5. The first-order valence-corrected chi connectivity index (χ1v) is 11.3. The van der Waals surface area contributed by atoms with Crippen LogP contribution in [0.15, 0.2) is 11.6 Å². The molecule has 0 amide bonds. The minimum atomic E-state index is -0.650. The highest BCUT2D eigenvalue weighted by atomic mass is 16.4. The van der Waals surface area contributed by atoms with Crippen LogP contribution in [0.25, 0.3) is 0 Å². The van der Waals surface area contributed by atoms with Gasteiger partial charge in [0.1, 0.15) is 0 Å². The second kappa shape index (κ2) is 6.90. The van der Waals surface area contributed by atoms with Crippen molar-refractivity contribution in [1.82, 2.24) is 0 Å². The molecule has 0 spiro atoms. The number of hydrogen-bond donors (Lipinski definition) is 2. The Morgan fingerprint density at radius 3 is 2.70 bits per heavy atom.